The van der Waals surface area contributed by atoms with Crippen molar-refractivity contribution in [2.45, 2.75) is 205 Å². The highest BCUT2D eigenvalue weighted by atomic mass is 16.3. The molecular weight excluding hydrogens is 526 g/mol. The highest BCUT2D eigenvalue weighted by Crippen LogP contribution is 2.15. The number of rotatable bonds is 32. The SMILES string of the molecule is CCCCCCCCCCCCCC/C=C\CCCCCCCCCC(O)C(=O)NC(CO)C(O)C(O)CCCCC. The normalized spacial score (nSPS) is 14.7. The minimum absolute atomic E-state index is 0.364. The van der Waals surface area contributed by atoms with Gasteiger partial charge in [0.05, 0.1) is 18.8 Å². The molecule has 4 atom stereocenters. The lowest BCUT2D eigenvalue weighted by Gasteiger charge is -2.27. The Hall–Kier alpha value is -0.950. The van der Waals surface area contributed by atoms with Crippen molar-refractivity contribution in [1.82, 2.24) is 5.32 Å². The highest BCUT2D eigenvalue weighted by Gasteiger charge is 2.28. The van der Waals surface area contributed by atoms with E-state index in [4.69, 9.17) is 0 Å². The summed E-state index contributed by atoms with van der Waals surface area (Å²) in [6, 6.07) is -0.979. The summed E-state index contributed by atoms with van der Waals surface area (Å²) < 4.78 is 0. The van der Waals surface area contributed by atoms with Crippen molar-refractivity contribution in [3.63, 3.8) is 0 Å². The van der Waals surface area contributed by atoms with Crippen LogP contribution in [0.1, 0.15) is 181 Å². The van der Waals surface area contributed by atoms with Crippen molar-refractivity contribution in [3.05, 3.63) is 12.2 Å². The molecule has 0 spiro atoms. The predicted molar refractivity (Wildman–Crippen MR) is 178 cm³/mol. The number of unbranched alkanes of at least 4 members (excludes halogenated alkanes) is 21. The minimum atomic E-state index is -1.25. The lowest BCUT2D eigenvalue weighted by Crippen LogP contribution is -2.53. The van der Waals surface area contributed by atoms with Gasteiger partial charge in [-0.3, -0.25) is 4.79 Å². The van der Waals surface area contributed by atoms with Crippen molar-refractivity contribution in [2.24, 2.45) is 0 Å². The van der Waals surface area contributed by atoms with Crippen molar-refractivity contribution < 1.29 is 25.2 Å². The van der Waals surface area contributed by atoms with E-state index in [1.54, 1.807) is 0 Å². The molecule has 1 amide bonds. The molecule has 0 saturated carbocycles. The predicted octanol–water partition coefficient (Wildman–Crippen LogP) is 8.28. The van der Waals surface area contributed by atoms with Gasteiger partial charge in [0, 0.05) is 0 Å². The fraction of sp³-hybridized carbons (Fsp3) is 0.917. The van der Waals surface area contributed by atoms with E-state index in [2.05, 4.69) is 31.3 Å². The molecule has 0 aliphatic heterocycles. The summed E-state index contributed by atoms with van der Waals surface area (Å²) in [4.78, 5) is 12.3. The van der Waals surface area contributed by atoms with E-state index in [1.807, 2.05) is 0 Å². The van der Waals surface area contributed by atoms with Gasteiger partial charge in [-0.05, 0) is 38.5 Å². The number of aliphatic hydroxyl groups is 4. The summed E-state index contributed by atoms with van der Waals surface area (Å²) in [6.45, 7) is 3.85. The van der Waals surface area contributed by atoms with Gasteiger partial charge < -0.3 is 25.7 Å². The third-order valence-corrected chi connectivity index (χ3v) is 8.48. The van der Waals surface area contributed by atoms with Crippen LogP contribution in [0.4, 0.5) is 0 Å². The Morgan fingerprint density at radius 3 is 1.40 bits per heavy atom. The molecule has 5 N–H and O–H groups in total. The minimum Gasteiger partial charge on any atom is -0.394 e. The maximum Gasteiger partial charge on any atom is 0.249 e. The molecule has 0 aromatic rings. The zero-order chi connectivity index (χ0) is 31.1. The van der Waals surface area contributed by atoms with Crippen LogP contribution >= 0.6 is 0 Å². The number of carbonyl (C=O) groups excluding carboxylic acids is 1. The van der Waals surface area contributed by atoms with E-state index in [1.165, 1.54) is 116 Å². The van der Waals surface area contributed by atoms with Gasteiger partial charge in [-0.25, -0.2) is 0 Å². The first-order chi connectivity index (χ1) is 20.5. The van der Waals surface area contributed by atoms with Gasteiger partial charge in [-0.15, -0.1) is 0 Å². The molecule has 0 fully saturated rings. The largest absolute Gasteiger partial charge is 0.394 e. The Labute approximate surface area is 260 Å². The molecule has 6 heteroatoms. The van der Waals surface area contributed by atoms with E-state index >= 15 is 0 Å². The van der Waals surface area contributed by atoms with Crippen molar-refractivity contribution >= 4 is 5.91 Å². The van der Waals surface area contributed by atoms with Gasteiger partial charge in [-0.1, -0.05) is 154 Å². The first-order valence-corrected chi connectivity index (χ1v) is 18.1. The van der Waals surface area contributed by atoms with Crippen molar-refractivity contribution in [1.29, 1.82) is 0 Å². The summed E-state index contributed by atoms with van der Waals surface area (Å²) >= 11 is 0. The van der Waals surface area contributed by atoms with Crippen LogP contribution in [-0.2, 0) is 4.79 Å². The summed E-state index contributed by atoms with van der Waals surface area (Å²) in [5.74, 6) is -0.597. The second-order valence-electron chi connectivity index (χ2n) is 12.6. The smallest absolute Gasteiger partial charge is 0.249 e. The van der Waals surface area contributed by atoms with E-state index in [0.29, 0.717) is 12.8 Å². The van der Waals surface area contributed by atoms with Gasteiger partial charge in [0.2, 0.25) is 5.91 Å². The maximum atomic E-state index is 12.3. The second kappa shape index (κ2) is 31.5. The molecule has 4 unspecified atom stereocenters. The Balaban J connectivity index is 3.58. The monoisotopic (exact) mass is 598 g/mol. The fourth-order valence-electron chi connectivity index (χ4n) is 5.51. The van der Waals surface area contributed by atoms with Crippen LogP contribution in [0.2, 0.25) is 0 Å². The number of amides is 1. The Kier molecular flexibility index (Phi) is 30.8. The molecule has 0 aromatic heterocycles. The molecule has 42 heavy (non-hydrogen) atoms. The molecule has 0 aliphatic carbocycles. The van der Waals surface area contributed by atoms with Crippen LogP contribution in [0.3, 0.4) is 0 Å². The zero-order valence-corrected chi connectivity index (χ0v) is 27.8. The number of allylic oxidation sites excluding steroid dienone is 2. The highest BCUT2D eigenvalue weighted by molar-refractivity contribution is 5.80. The van der Waals surface area contributed by atoms with Gasteiger partial charge in [0.15, 0.2) is 0 Å². The maximum absolute atomic E-state index is 12.3. The van der Waals surface area contributed by atoms with E-state index < -0.39 is 36.9 Å². The zero-order valence-electron chi connectivity index (χ0n) is 27.8. The molecule has 0 bridgehead atoms. The average molecular weight is 598 g/mol. The van der Waals surface area contributed by atoms with Crippen molar-refractivity contribution in [2.75, 3.05) is 6.61 Å². The van der Waals surface area contributed by atoms with E-state index in [9.17, 15) is 25.2 Å². The standard InChI is InChI=1S/C36H71NO5/c1-3-5-7-8-9-10-11-12-13-14-15-16-17-18-19-20-21-22-23-24-25-26-28-30-34(40)36(42)37-32(31-38)35(41)33(39)29-27-6-4-2/h18-19,32-35,38-41H,3-17,20-31H2,1-2H3,(H,37,42)/b19-18-. The number of aliphatic hydroxyl groups excluding tert-OH is 4. The molecule has 0 saturated heterocycles. The third kappa shape index (κ3) is 25.5. The van der Waals surface area contributed by atoms with Crippen molar-refractivity contribution in [3.8, 4) is 0 Å². The third-order valence-electron chi connectivity index (χ3n) is 8.48. The van der Waals surface area contributed by atoms with Crippen LogP contribution in [0, 0.1) is 0 Å². The molecule has 0 radical (unpaired) electrons. The number of hydrogen-bond donors (Lipinski definition) is 5. The Morgan fingerprint density at radius 2 is 0.952 bits per heavy atom. The second-order valence-corrected chi connectivity index (χ2v) is 12.6. The van der Waals surface area contributed by atoms with Gasteiger partial charge >= 0.3 is 0 Å². The molecule has 6 nitrogen and oxygen atoms in total. The topological polar surface area (TPSA) is 110 Å². The van der Waals surface area contributed by atoms with Crippen LogP contribution in [0.15, 0.2) is 12.2 Å². The lowest BCUT2D eigenvalue weighted by molar-refractivity contribution is -0.132. The van der Waals surface area contributed by atoms with Crippen LogP contribution < -0.4 is 5.32 Å². The number of hydrogen-bond acceptors (Lipinski definition) is 5. The van der Waals surface area contributed by atoms with Crippen LogP contribution in [0.5, 0.6) is 0 Å². The Morgan fingerprint density at radius 1 is 0.571 bits per heavy atom. The number of nitrogens with one attached hydrogen (secondary N) is 1. The van der Waals surface area contributed by atoms with Crippen LogP contribution in [0.25, 0.3) is 0 Å². The molecule has 250 valence electrons. The summed E-state index contributed by atoms with van der Waals surface area (Å²) in [6.07, 6.45) is 31.8. The van der Waals surface area contributed by atoms with Gasteiger partial charge in [0.25, 0.3) is 0 Å². The molecular formula is C36H71NO5. The molecule has 0 aliphatic rings. The van der Waals surface area contributed by atoms with Gasteiger partial charge in [-0.2, -0.15) is 0 Å². The molecule has 0 rings (SSSR count). The van der Waals surface area contributed by atoms with Gasteiger partial charge in [0.1, 0.15) is 12.2 Å². The fourth-order valence-corrected chi connectivity index (χ4v) is 5.51. The molecule has 0 heterocycles. The first-order valence-electron chi connectivity index (χ1n) is 18.1. The summed E-state index contributed by atoms with van der Waals surface area (Å²) in [5, 5.41) is 42.6. The quantitative estimate of drug-likeness (QED) is 0.0396. The summed E-state index contributed by atoms with van der Waals surface area (Å²) in [7, 11) is 0. The lowest BCUT2D eigenvalue weighted by atomic mass is 10.00. The van der Waals surface area contributed by atoms with E-state index in [0.717, 1.165) is 38.5 Å². The first kappa shape index (κ1) is 41.0. The molecule has 0 aromatic carbocycles. The Bertz CT molecular complexity index is 599. The average Bonchev–Trinajstić information content (AvgIpc) is 2.99. The van der Waals surface area contributed by atoms with E-state index in [-0.39, 0.29) is 0 Å². The van der Waals surface area contributed by atoms with Crippen LogP contribution in [-0.4, -0.2) is 57.3 Å². The summed E-state index contributed by atoms with van der Waals surface area (Å²) in [5.41, 5.74) is 0. The number of carbonyl (C=O) groups is 1.